The van der Waals surface area contributed by atoms with E-state index >= 15 is 0 Å². The number of aryl methyl sites for hydroxylation is 2. The maximum Gasteiger partial charge on any atom is 0.252 e. The van der Waals surface area contributed by atoms with E-state index in [0.717, 1.165) is 25.3 Å². The van der Waals surface area contributed by atoms with Crippen molar-refractivity contribution < 1.29 is 9.21 Å². The summed E-state index contributed by atoms with van der Waals surface area (Å²) in [7, 11) is 1.84. The molecule has 3 rings (SSSR count). The summed E-state index contributed by atoms with van der Waals surface area (Å²) in [6.07, 6.45) is 0.928. The summed E-state index contributed by atoms with van der Waals surface area (Å²) in [4.78, 5) is 28.6. The molecule has 1 aliphatic heterocycles. The van der Waals surface area contributed by atoms with Crippen molar-refractivity contribution in [1.82, 2.24) is 19.9 Å². The van der Waals surface area contributed by atoms with Crippen LogP contribution in [0.1, 0.15) is 25.1 Å². The van der Waals surface area contributed by atoms with Crippen LogP contribution < -0.4 is 4.90 Å². The Kier molecular flexibility index (Phi) is 3.27. The van der Waals surface area contributed by atoms with E-state index in [1.165, 1.54) is 0 Å². The van der Waals surface area contributed by atoms with Gasteiger partial charge in [0, 0.05) is 34.0 Å². The molecular weight excluding hydrogens is 270 g/mol. The zero-order valence-corrected chi connectivity index (χ0v) is 12.8. The summed E-state index contributed by atoms with van der Waals surface area (Å²) in [5, 5.41) is 0. The predicted molar refractivity (Wildman–Crippen MR) is 78.1 cm³/mol. The van der Waals surface area contributed by atoms with Gasteiger partial charge in [-0.3, -0.25) is 4.79 Å². The van der Waals surface area contributed by atoms with Gasteiger partial charge >= 0.3 is 0 Å². The monoisotopic (exact) mass is 289 g/mol. The van der Waals surface area contributed by atoms with Crippen LogP contribution >= 0.6 is 0 Å². The summed E-state index contributed by atoms with van der Waals surface area (Å²) < 4.78 is 5.51. The Morgan fingerprint density at radius 2 is 2.10 bits per heavy atom. The molecule has 0 unspecified atom stereocenters. The maximum absolute atomic E-state index is 11.5. The second-order valence-electron chi connectivity index (χ2n) is 5.50. The fourth-order valence-electron chi connectivity index (χ4n) is 2.74. The van der Waals surface area contributed by atoms with E-state index in [1.54, 1.807) is 18.7 Å². The number of hydrogen-bond donors (Lipinski definition) is 0. The van der Waals surface area contributed by atoms with Crippen molar-refractivity contribution in [3.63, 3.8) is 0 Å². The van der Waals surface area contributed by atoms with E-state index < -0.39 is 0 Å². The van der Waals surface area contributed by atoms with Crippen LogP contribution in [-0.4, -0.2) is 51.9 Å². The van der Waals surface area contributed by atoms with E-state index in [-0.39, 0.29) is 11.9 Å². The van der Waals surface area contributed by atoms with Crippen LogP contribution in [0, 0.1) is 13.8 Å². The first-order chi connectivity index (χ1) is 9.95. The van der Waals surface area contributed by atoms with E-state index in [0.29, 0.717) is 22.9 Å². The predicted octanol–water partition coefficient (Wildman–Crippen LogP) is 1.29. The molecule has 1 amide bonds. The van der Waals surface area contributed by atoms with E-state index in [4.69, 9.17) is 4.42 Å². The first-order valence-electron chi connectivity index (χ1n) is 7.06. The van der Waals surface area contributed by atoms with Gasteiger partial charge in [0.05, 0.1) is 6.04 Å². The number of carbonyl (C=O) groups excluding carboxylic acids is 1. The number of anilines is 1. The Morgan fingerprint density at radius 1 is 1.33 bits per heavy atom. The molecule has 0 saturated carbocycles. The van der Waals surface area contributed by atoms with Gasteiger partial charge in [0.25, 0.3) is 5.71 Å². The molecular formula is C14H19N5O2. The van der Waals surface area contributed by atoms with Gasteiger partial charge in [0.1, 0.15) is 5.82 Å². The number of nitrogens with zero attached hydrogens (tertiary/aromatic N) is 5. The molecule has 112 valence electrons. The van der Waals surface area contributed by atoms with Crippen LogP contribution in [0.5, 0.6) is 0 Å². The Balaban J connectivity index is 1.93. The van der Waals surface area contributed by atoms with Crippen molar-refractivity contribution in [1.29, 1.82) is 0 Å². The molecule has 2 aromatic heterocycles. The number of carbonyl (C=O) groups is 1. The average molecular weight is 289 g/mol. The quantitative estimate of drug-likeness (QED) is 0.829. The number of oxazole rings is 1. The number of amides is 1. The minimum atomic E-state index is 0.0862. The number of fused-ring (bicyclic) bond motifs is 1. The highest BCUT2D eigenvalue weighted by Gasteiger charge is 2.30. The molecule has 21 heavy (non-hydrogen) atoms. The second kappa shape index (κ2) is 4.98. The van der Waals surface area contributed by atoms with E-state index in [1.807, 2.05) is 14.0 Å². The summed E-state index contributed by atoms with van der Waals surface area (Å²) in [6, 6.07) is 0.209. The van der Waals surface area contributed by atoms with E-state index in [2.05, 4.69) is 19.9 Å². The molecule has 0 spiro atoms. The minimum Gasteiger partial charge on any atom is -0.422 e. The smallest absolute Gasteiger partial charge is 0.252 e. The molecule has 1 atom stereocenters. The molecule has 2 aromatic rings. The van der Waals surface area contributed by atoms with Gasteiger partial charge in [-0.25, -0.2) is 9.97 Å². The van der Waals surface area contributed by atoms with Crippen molar-refractivity contribution in [2.45, 2.75) is 33.2 Å². The molecule has 7 heteroatoms. The molecule has 0 N–H and O–H groups in total. The molecule has 3 heterocycles. The van der Waals surface area contributed by atoms with Gasteiger partial charge < -0.3 is 14.2 Å². The number of hydrogen-bond acceptors (Lipinski definition) is 6. The molecule has 1 aliphatic rings. The van der Waals surface area contributed by atoms with Crippen LogP contribution in [0.2, 0.25) is 0 Å². The fraction of sp³-hybridized carbons (Fsp3) is 0.571. The molecule has 1 saturated heterocycles. The maximum atomic E-state index is 11.5. The van der Waals surface area contributed by atoms with Crippen LogP contribution in [0.3, 0.4) is 0 Å². The molecule has 0 aromatic carbocycles. The largest absolute Gasteiger partial charge is 0.422 e. The van der Waals surface area contributed by atoms with Crippen molar-refractivity contribution in [3.05, 3.63) is 11.7 Å². The lowest BCUT2D eigenvalue weighted by Gasteiger charge is -2.24. The van der Waals surface area contributed by atoms with Crippen LogP contribution in [0.25, 0.3) is 11.2 Å². The van der Waals surface area contributed by atoms with Crippen molar-refractivity contribution >= 4 is 23.0 Å². The lowest BCUT2D eigenvalue weighted by molar-refractivity contribution is -0.129. The number of rotatable bonds is 2. The summed E-state index contributed by atoms with van der Waals surface area (Å²) >= 11 is 0. The average Bonchev–Trinajstić information content (AvgIpc) is 3.02. The zero-order chi connectivity index (χ0) is 15.1. The van der Waals surface area contributed by atoms with E-state index in [9.17, 15) is 4.79 Å². The SMILES string of the molecule is CC(=O)N(C)[C@H]1CCN(c2nc(C)nc3oc(C)nc23)C1. The summed E-state index contributed by atoms with van der Waals surface area (Å²) in [5.74, 6) is 2.14. The Hall–Kier alpha value is -2.18. The van der Waals surface area contributed by atoms with Crippen molar-refractivity contribution in [2.75, 3.05) is 25.0 Å². The highest BCUT2D eigenvalue weighted by Crippen LogP contribution is 2.27. The fourth-order valence-corrected chi connectivity index (χ4v) is 2.74. The standard InChI is InChI=1S/C14H19N5O2/c1-8-15-13(12-14(16-8)21-9(2)17-12)19-6-5-11(7-19)18(4)10(3)20/h11H,5-7H2,1-4H3/t11-/m0/s1. The minimum absolute atomic E-state index is 0.0862. The summed E-state index contributed by atoms with van der Waals surface area (Å²) in [6.45, 7) is 6.84. The van der Waals surface area contributed by atoms with Gasteiger partial charge in [-0.05, 0) is 13.3 Å². The van der Waals surface area contributed by atoms with Crippen molar-refractivity contribution in [3.8, 4) is 0 Å². The topological polar surface area (TPSA) is 75.4 Å². The van der Waals surface area contributed by atoms with Gasteiger partial charge in [-0.2, -0.15) is 4.98 Å². The van der Waals surface area contributed by atoms with Crippen LogP contribution in [0.4, 0.5) is 5.82 Å². The first-order valence-corrected chi connectivity index (χ1v) is 7.06. The normalized spacial score (nSPS) is 18.5. The van der Waals surface area contributed by atoms with Gasteiger partial charge in [0.2, 0.25) is 5.91 Å². The van der Waals surface area contributed by atoms with Gasteiger partial charge in [-0.15, -0.1) is 0 Å². The third kappa shape index (κ3) is 2.43. The van der Waals surface area contributed by atoms with Crippen molar-refractivity contribution in [2.24, 2.45) is 0 Å². The Morgan fingerprint density at radius 3 is 2.81 bits per heavy atom. The second-order valence-corrected chi connectivity index (χ2v) is 5.50. The van der Waals surface area contributed by atoms with Gasteiger partial charge in [-0.1, -0.05) is 0 Å². The molecule has 0 radical (unpaired) electrons. The lowest BCUT2D eigenvalue weighted by atomic mass is 10.2. The van der Waals surface area contributed by atoms with Crippen LogP contribution in [-0.2, 0) is 4.79 Å². The van der Waals surface area contributed by atoms with Crippen LogP contribution in [0.15, 0.2) is 4.42 Å². The Bertz CT molecular complexity index is 696. The molecule has 1 fully saturated rings. The summed E-state index contributed by atoms with van der Waals surface area (Å²) in [5.41, 5.74) is 1.22. The molecule has 7 nitrogen and oxygen atoms in total. The molecule has 0 bridgehead atoms. The highest BCUT2D eigenvalue weighted by atomic mass is 16.4. The first kappa shape index (κ1) is 13.8. The highest BCUT2D eigenvalue weighted by molar-refractivity contribution is 5.82. The molecule has 0 aliphatic carbocycles. The number of aromatic nitrogens is 3. The Labute approximate surface area is 123 Å². The van der Waals surface area contributed by atoms with Gasteiger partial charge in [0.15, 0.2) is 17.2 Å². The lowest BCUT2D eigenvalue weighted by Crippen LogP contribution is -2.37. The third-order valence-corrected chi connectivity index (χ3v) is 3.97. The number of likely N-dealkylation sites (N-methyl/N-ethyl adjacent to an activating group) is 1. The zero-order valence-electron chi connectivity index (χ0n) is 12.8. The third-order valence-electron chi connectivity index (χ3n) is 3.97.